The second kappa shape index (κ2) is 8.31. The normalized spacial score (nSPS) is 18.8. The Morgan fingerprint density at radius 3 is 2.37 bits per heavy atom. The lowest BCUT2D eigenvalue weighted by Gasteiger charge is -2.32. The predicted octanol–water partition coefficient (Wildman–Crippen LogP) is 3.08. The topological polar surface area (TPSA) is 86.7 Å². The van der Waals surface area contributed by atoms with Crippen molar-refractivity contribution in [2.75, 3.05) is 34.7 Å². The van der Waals surface area contributed by atoms with Gasteiger partial charge in [0.15, 0.2) is 23.0 Å². The second-order valence-electron chi connectivity index (χ2n) is 7.21. The number of aliphatic carboxylic acids is 1. The quantitative estimate of drug-likeness (QED) is 0.738. The Hall–Kier alpha value is -3.13. The molecule has 2 aliphatic heterocycles. The van der Waals surface area contributed by atoms with Crippen molar-refractivity contribution >= 4 is 5.97 Å². The van der Waals surface area contributed by atoms with Crippen molar-refractivity contribution < 1.29 is 33.6 Å². The molecular weight excluding hydrogens is 390 g/mol. The summed E-state index contributed by atoms with van der Waals surface area (Å²) in [5.41, 5.74) is 1.75. The molecule has 0 saturated carbocycles. The van der Waals surface area contributed by atoms with Crippen LogP contribution in [0.5, 0.6) is 28.7 Å². The highest BCUT2D eigenvalue weighted by atomic mass is 16.7. The molecule has 2 aromatic rings. The van der Waals surface area contributed by atoms with Crippen LogP contribution in [0.2, 0.25) is 0 Å². The number of hydrogen-bond acceptors (Lipinski definition) is 7. The molecule has 4 rings (SSSR count). The number of benzene rings is 2. The van der Waals surface area contributed by atoms with E-state index in [4.69, 9.17) is 23.7 Å². The molecule has 2 atom stereocenters. The van der Waals surface area contributed by atoms with Gasteiger partial charge in [-0.15, -0.1) is 0 Å². The third kappa shape index (κ3) is 3.47. The highest BCUT2D eigenvalue weighted by Gasteiger charge is 2.38. The third-order valence-electron chi connectivity index (χ3n) is 5.63. The van der Waals surface area contributed by atoms with Crippen LogP contribution in [0.1, 0.15) is 30.0 Å². The summed E-state index contributed by atoms with van der Waals surface area (Å²) >= 11 is 0. The van der Waals surface area contributed by atoms with Gasteiger partial charge in [0.2, 0.25) is 12.5 Å². The van der Waals surface area contributed by atoms with Gasteiger partial charge in [0.1, 0.15) is 6.04 Å². The Morgan fingerprint density at radius 2 is 1.73 bits per heavy atom. The molecule has 0 amide bonds. The largest absolute Gasteiger partial charge is 0.493 e. The van der Waals surface area contributed by atoms with Crippen LogP contribution < -0.4 is 23.7 Å². The summed E-state index contributed by atoms with van der Waals surface area (Å²) in [4.78, 5) is 14.0. The molecule has 1 N–H and O–H groups in total. The number of carboxylic acids is 1. The molecule has 0 spiro atoms. The molecule has 1 saturated heterocycles. The smallest absolute Gasteiger partial charge is 0.320 e. The minimum atomic E-state index is -0.828. The Morgan fingerprint density at radius 1 is 1.03 bits per heavy atom. The first-order valence-corrected chi connectivity index (χ1v) is 9.75. The fourth-order valence-corrected chi connectivity index (χ4v) is 4.28. The number of carbonyl (C=O) groups is 1. The van der Waals surface area contributed by atoms with Crippen molar-refractivity contribution in [3.8, 4) is 28.7 Å². The molecular formula is C22H25NO7. The summed E-state index contributed by atoms with van der Waals surface area (Å²) < 4.78 is 27.5. The van der Waals surface area contributed by atoms with Crippen molar-refractivity contribution in [2.24, 2.45) is 0 Å². The standard InChI is InChI=1S/C22H25NO7/c1-26-18-10-14(11-19(27-2)21(18)28-3)20(23-8-4-5-15(23)22(24)25)13-6-7-16-17(9-13)30-12-29-16/h6-7,9-11,15,20H,4-5,8,12H2,1-3H3,(H,24,25). The van der Waals surface area contributed by atoms with Crippen LogP contribution >= 0.6 is 0 Å². The van der Waals surface area contributed by atoms with Crippen LogP contribution in [0.25, 0.3) is 0 Å². The summed E-state index contributed by atoms with van der Waals surface area (Å²) in [6, 6.07) is 8.53. The predicted molar refractivity (Wildman–Crippen MR) is 108 cm³/mol. The monoisotopic (exact) mass is 415 g/mol. The number of rotatable bonds is 7. The van der Waals surface area contributed by atoms with Gasteiger partial charge in [0.25, 0.3) is 0 Å². The number of methoxy groups -OCH3 is 3. The molecule has 8 heteroatoms. The van der Waals surface area contributed by atoms with Crippen LogP contribution in [-0.2, 0) is 4.79 Å². The van der Waals surface area contributed by atoms with E-state index >= 15 is 0 Å². The highest BCUT2D eigenvalue weighted by molar-refractivity contribution is 5.74. The first-order chi connectivity index (χ1) is 14.6. The van der Waals surface area contributed by atoms with Gasteiger partial charge in [-0.2, -0.15) is 0 Å². The average molecular weight is 415 g/mol. The Labute approximate surface area is 174 Å². The molecule has 2 unspecified atom stereocenters. The van der Waals surface area contributed by atoms with Gasteiger partial charge >= 0.3 is 5.97 Å². The first-order valence-electron chi connectivity index (χ1n) is 9.75. The number of nitrogens with zero attached hydrogens (tertiary/aromatic N) is 1. The van der Waals surface area contributed by atoms with E-state index in [9.17, 15) is 9.90 Å². The maximum Gasteiger partial charge on any atom is 0.320 e. The fraction of sp³-hybridized carbons (Fsp3) is 0.409. The van der Waals surface area contributed by atoms with Gasteiger partial charge < -0.3 is 28.8 Å². The molecule has 2 aliphatic rings. The van der Waals surface area contributed by atoms with Crippen LogP contribution in [0.15, 0.2) is 30.3 Å². The summed E-state index contributed by atoms with van der Waals surface area (Å²) in [6.07, 6.45) is 1.41. The fourth-order valence-electron chi connectivity index (χ4n) is 4.28. The van der Waals surface area contributed by atoms with E-state index in [0.717, 1.165) is 17.5 Å². The van der Waals surface area contributed by atoms with E-state index in [1.807, 2.05) is 35.2 Å². The minimum Gasteiger partial charge on any atom is -0.493 e. The highest BCUT2D eigenvalue weighted by Crippen LogP contribution is 2.45. The average Bonchev–Trinajstić information content (AvgIpc) is 3.42. The lowest BCUT2D eigenvalue weighted by Crippen LogP contribution is -2.39. The van der Waals surface area contributed by atoms with E-state index in [1.54, 1.807) is 21.3 Å². The number of carboxylic acid groups (broad SMARTS) is 1. The van der Waals surface area contributed by atoms with E-state index in [0.29, 0.717) is 41.7 Å². The molecule has 30 heavy (non-hydrogen) atoms. The van der Waals surface area contributed by atoms with Crippen molar-refractivity contribution in [2.45, 2.75) is 24.9 Å². The summed E-state index contributed by atoms with van der Waals surface area (Å²) in [7, 11) is 4.68. The Balaban J connectivity index is 1.87. The lowest BCUT2D eigenvalue weighted by atomic mass is 9.95. The number of fused-ring (bicyclic) bond motifs is 1. The van der Waals surface area contributed by atoms with Crippen molar-refractivity contribution in [1.29, 1.82) is 0 Å². The van der Waals surface area contributed by atoms with Crippen molar-refractivity contribution in [3.05, 3.63) is 41.5 Å². The molecule has 0 radical (unpaired) electrons. The minimum absolute atomic E-state index is 0.176. The molecule has 2 heterocycles. The number of hydrogen-bond donors (Lipinski definition) is 1. The zero-order valence-corrected chi connectivity index (χ0v) is 17.2. The second-order valence-corrected chi connectivity index (χ2v) is 7.21. The van der Waals surface area contributed by atoms with Gasteiger partial charge in [-0.3, -0.25) is 9.69 Å². The van der Waals surface area contributed by atoms with Crippen LogP contribution in [-0.4, -0.2) is 56.7 Å². The molecule has 0 aromatic heterocycles. The lowest BCUT2D eigenvalue weighted by molar-refractivity contribution is -0.142. The summed E-state index contributed by atoms with van der Waals surface area (Å²) in [5, 5.41) is 9.81. The van der Waals surface area contributed by atoms with Gasteiger partial charge in [-0.1, -0.05) is 6.07 Å². The molecule has 160 valence electrons. The number of ether oxygens (including phenoxy) is 5. The van der Waals surface area contributed by atoms with Crippen LogP contribution in [0.3, 0.4) is 0 Å². The molecule has 0 bridgehead atoms. The molecule has 0 aliphatic carbocycles. The summed E-state index contributed by atoms with van der Waals surface area (Å²) in [6.45, 7) is 0.835. The van der Waals surface area contributed by atoms with E-state index < -0.39 is 12.0 Å². The Bertz CT molecular complexity index is 920. The third-order valence-corrected chi connectivity index (χ3v) is 5.63. The van der Waals surface area contributed by atoms with Gasteiger partial charge in [0, 0.05) is 6.54 Å². The molecule has 2 aromatic carbocycles. The van der Waals surface area contributed by atoms with Gasteiger partial charge in [0.05, 0.1) is 27.4 Å². The van der Waals surface area contributed by atoms with Crippen molar-refractivity contribution in [1.82, 2.24) is 4.90 Å². The Kier molecular flexibility index (Phi) is 5.59. The zero-order chi connectivity index (χ0) is 21.3. The number of likely N-dealkylation sites (tertiary alicyclic amines) is 1. The van der Waals surface area contributed by atoms with Gasteiger partial charge in [-0.25, -0.2) is 0 Å². The molecule has 8 nitrogen and oxygen atoms in total. The van der Waals surface area contributed by atoms with Gasteiger partial charge in [-0.05, 0) is 48.2 Å². The zero-order valence-electron chi connectivity index (χ0n) is 17.2. The maximum atomic E-state index is 12.0. The van der Waals surface area contributed by atoms with E-state index in [1.165, 1.54) is 0 Å². The van der Waals surface area contributed by atoms with E-state index in [-0.39, 0.29) is 12.8 Å². The van der Waals surface area contributed by atoms with E-state index in [2.05, 4.69) is 0 Å². The van der Waals surface area contributed by atoms with Crippen LogP contribution in [0.4, 0.5) is 0 Å². The SMILES string of the molecule is COc1cc(C(c2ccc3c(c2)OCO3)N2CCCC2C(=O)O)cc(OC)c1OC. The van der Waals surface area contributed by atoms with Crippen molar-refractivity contribution in [3.63, 3.8) is 0 Å². The molecule has 1 fully saturated rings. The summed E-state index contributed by atoms with van der Waals surface area (Å²) in [5.74, 6) is 2.03. The first kappa shape index (κ1) is 20.2. The van der Waals surface area contributed by atoms with Crippen LogP contribution in [0, 0.1) is 0 Å². The maximum absolute atomic E-state index is 12.0.